The number of aromatic nitrogens is 1. The van der Waals surface area contributed by atoms with Gasteiger partial charge in [-0.05, 0) is 41.3 Å². The van der Waals surface area contributed by atoms with Gasteiger partial charge < -0.3 is 11.1 Å². The van der Waals surface area contributed by atoms with Crippen molar-refractivity contribution in [1.82, 2.24) is 9.29 Å². The number of halogens is 2. The molecular weight excluding hydrogens is 422 g/mol. The number of nitrogens with zero attached hydrogens (tertiary/aromatic N) is 2. The molecular formula is C22H22F2N4O2S. The van der Waals surface area contributed by atoms with Gasteiger partial charge in [-0.15, -0.1) is 0 Å². The third-order valence-electron chi connectivity index (χ3n) is 5.37. The first-order valence-electron chi connectivity index (χ1n) is 9.73. The van der Waals surface area contributed by atoms with Crippen LogP contribution < -0.4 is 11.1 Å². The lowest BCUT2D eigenvalue weighted by Gasteiger charge is -2.28. The Balaban J connectivity index is 1.69. The number of anilines is 2. The highest BCUT2D eigenvalue weighted by atomic mass is 32.2. The molecule has 0 unspecified atom stereocenters. The molecule has 2 heterocycles. The van der Waals surface area contributed by atoms with E-state index in [9.17, 15) is 17.2 Å². The van der Waals surface area contributed by atoms with Crippen molar-refractivity contribution in [2.75, 3.05) is 18.1 Å². The third-order valence-corrected chi connectivity index (χ3v) is 6.62. The third kappa shape index (κ3) is 4.43. The molecule has 0 atom stereocenters. The summed E-state index contributed by atoms with van der Waals surface area (Å²) in [5.41, 5.74) is 10.5. The monoisotopic (exact) mass is 444 g/mol. The minimum absolute atomic E-state index is 0.0318. The molecule has 1 aromatic heterocycles. The molecule has 0 aliphatic carbocycles. The maximum absolute atomic E-state index is 14.4. The van der Waals surface area contributed by atoms with Crippen LogP contribution in [-0.2, 0) is 29.5 Å². The molecule has 0 spiro atoms. The van der Waals surface area contributed by atoms with Crippen molar-refractivity contribution < 1.29 is 17.2 Å². The summed E-state index contributed by atoms with van der Waals surface area (Å²) in [6.07, 6.45) is 2.76. The van der Waals surface area contributed by atoms with Crippen molar-refractivity contribution in [3.05, 3.63) is 77.0 Å². The van der Waals surface area contributed by atoms with Crippen LogP contribution in [0.25, 0.3) is 11.3 Å². The number of nitrogens with two attached hydrogens (primary N) is 1. The summed E-state index contributed by atoms with van der Waals surface area (Å²) in [7, 11) is -3.26. The highest BCUT2D eigenvalue weighted by Crippen LogP contribution is 2.32. The Morgan fingerprint density at radius 3 is 2.71 bits per heavy atom. The molecule has 162 valence electrons. The maximum atomic E-state index is 14.4. The molecule has 0 saturated heterocycles. The van der Waals surface area contributed by atoms with Gasteiger partial charge in [0.2, 0.25) is 10.0 Å². The van der Waals surface area contributed by atoms with E-state index in [1.54, 1.807) is 12.1 Å². The highest BCUT2D eigenvalue weighted by molar-refractivity contribution is 7.88. The number of nitrogens with one attached hydrogen (secondary N) is 1. The predicted molar refractivity (Wildman–Crippen MR) is 116 cm³/mol. The number of hydrogen-bond donors (Lipinski definition) is 2. The molecule has 0 fully saturated rings. The lowest BCUT2D eigenvalue weighted by molar-refractivity contribution is 0.395. The van der Waals surface area contributed by atoms with Crippen molar-refractivity contribution >= 4 is 21.4 Å². The van der Waals surface area contributed by atoms with Gasteiger partial charge in [0.15, 0.2) is 5.82 Å². The molecule has 9 heteroatoms. The average molecular weight is 445 g/mol. The Labute approximate surface area is 179 Å². The largest absolute Gasteiger partial charge is 0.355 e. The molecule has 1 aliphatic rings. The van der Waals surface area contributed by atoms with Gasteiger partial charge in [0.25, 0.3) is 0 Å². The molecule has 0 amide bonds. The summed E-state index contributed by atoms with van der Waals surface area (Å²) in [4.78, 5) is 3.91. The molecule has 6 nitrogen and oxygen atoms in total. The van der Waals surface area contributed by atoms with Gasteiger partial charge in [0.05, 0.1) is 12.5 Å². The van der Waals surface area contributed by atoms with E-state index < -0.39 is 21.7 Å². The Morgan fingerprint density at radius 1 is 1.19 bits per heavy atom. The second-order valence-electron chi connectivity index (χ2n) is 7.47. The summed E-state index contributed by atoms with van der Waals surface area (Å²) >= 11 is 0. The standard InChI is InChI=1S/C22H22F2N4O2S/c1-31(29,30)28-8-7-18-15(13-28)3-2-4-21(18)27-17-6-5-14(11-25)19(10-17)22-20(24)9-16(23)12-26-22/h2-6,9-10,12,27H,7-8,11,13,25H2,1H3. The van der Waals surface area contributed by atoms with E-state index in [1.165, 1.54) is 10.6 Å². The quantitative estimate of drug-likeness (QED) is 0.628. The van der Waals surface area contributed by atoms with Gasteiger partial charge in [-0.2, -0.15) is 4.31 Å². The van der Waals surface area contributed by atoms with E-state index in [4.69, 9.17) is 5.73 Å². The average Bonchev–Trinajstić information content (AvgIpc) is 2.73. The summed E-state index contributed by atoms with van der Waals surface area (Å²) < 4.78 is 52.9. The number of fused-ring (bicyclic) bond motifs is 1. The van der Waals surface area contributed by atoms with Crippen LogP contribution >= 0.6 is 0 Å². The maximum Gasteiger partial charge on any atom is 0.211 e. The smallest absolute Gasteiger partial charge is 0.211 e. The molecule has 3 aromatic rings. The number of benzene rings is 2. The summed E-state index contributed by atoms with van der Waals surface area (Å²) in [6.45, 7) is 0.911. The minimum atomic E-state index is -3.26. The summed E-state index contributed by atoms with van der Waals surface area (Å²) in [6, 6.07) is 11.8. The lowest BCUT2D eigenvalue weighted by atomic mass is 9.98. The Morgan fingerprint density at radius 2 is 2.00 bits per heavy atom. The topological polar surface area (TPSA) is 88.3 Å². The van der Waals surface area contributed by atoms with Crippen LogP contribution in [0.5, 0.6) is 0 Å². The number of rotatable bonds is 5. The molecule has 3 N–H and O–H groups in total. The Kier molecular flexibility index (Phi) is 5.74. The van der Waals surface area contributed by atoms with Crippen molar-refractivity contribution in [3.63, 3.8) is 0 Å². The van der Waals surface area contributed by atoms with Crippen molar-refractivity contribution in [3.8, 4) is 11.3 Å². The fraction of sp³-hybridized carbons (Fsp3) is 0.227. The van der Waals surface area contributed by atoms with Crippen LogP contribution in [0, 0.1) is 11.6 Å². The number of pyridine rings is 1. The molecule has 31 heavy (non-hydrogen) atoms. The molecule has 2 aromatic carbocycles. The van der Waals surface area contributed by atoms with Gasteiger partial charge in [-0.25, -0.2) is 17.2 Å². The molecule has 0 bridgehead atoms. The van der Waals surface area contributed by atoms with Gasteiger partial charge >= 0.3 is 0 Å². The SMILES string of the molecule is CS(=O)(=O)N1CCc2c(cccc2Nc2ccc(CN)c(-c3ncc(F)cc3F)c2)C1. The van der Waals surface area contributed by atoms with Crippen molar-refractivity contribution in [1.29, 1.82) is 0 Å². The van der Waals surface area contributed by atoms with E-state index >= 15 is 0 Å². The minimum Gasteiger partial charge on any atom is -0.355 e. The highest BCUT2D eigenvalue weighted by Gasteiger charge is 2.24. The molecule has 0 radical (unpaired) electrons. The fourth-order valence-corrected chi connectivity index (χ4v) is 4.60. The van der Waals surface area contributed by atoms with Crippen molar-refractivity contribution in [2.45, 2.75) is 19.5 Å². The summed E-state index contributed by atoms with van der Waals surface area (Å²) in [5.74, 6) is -1.51. The fourth-order valence-electron chi connectivity index (χ4n) is 3.80. The molecule has 1 aliphatic heterocycles. The van der Waals surface area contributed by atoms with E-state index in [1.807, 2.05) is 24.3 Å². The first-order valence-corrected chi connectivity index (χ1v) is 11.6. The van der Waals surface area contributed by atoms with E-state index in [0.29, 0.717) is 36.3 Å². The van der Waals surface area contributed by atoms with Crippen LogP contribution in [0.1, 0.15) is 16.7 Å². The number of sulfonamides is 1. The van der Waals surface area contributed by atoms with Gasteiger partial charge in [0, 0.05) is 42.6 Å². The molecule has 4 rings (SSSR count). The zero-order valence-corrected chi connectivity index (χ0v) is 17.7. The Hall–Kier alpha value is -2.88. The summed E-state index contributed by atoms with van der Waals surface area (Å²) in [5, 5.41) is 3.34. The van der Waals surface area contributed by atoms with E-state index in [0.717, 1.165) is 29.1 Å². The zero-order chi connectivity index (χ0) is 22.2. The van der Waals surface area contributed by atoms with Crippen LogP contribution in [0.2, 0.25) is 0 Å². The van der Waals surface area contributed by atoms with Gasteiger partial charge in [-0.1, -0.05) is 18.2 Å². The predicted octanol–water partition coefficient (Wildman–Crippen LogP) is 3.55. The second kappa shape index (κ2) is 8.33. The van der Waals surface area contributed by atoms with Gasteiger partial charge in [0.1, 0.15) is 11.5 Å². The van der Waals surface area contributed by atoms with Gasteiger partial charge in [-0.3, -0.25) is 4.98 Å². The van der Waals surface area contributed by atoms with Crippen molar-refractivity contribution in [2.24, 2.45) is 5.73 Å². The second-order valence-corrected chi connectivity index (χ2v) is 9.46. The van der Waals surface area contributed by atoms with E-state index in [2.05, 4.69) is 10.3 Å². The van der Waals surface area contributed by atoms with Crippen LogP contribution in [0.3, 0.4) is 0 Å². The van der Waals surface area contributed by atoms with E-state index in [-0.39, 0.29) is 12.2 Å². The molecule has 0 saturated carbocycles. The lowest BCUT2D eigenvalue weighted by Crippen LogP contribution is -2.35. The van der Waals surface area contributed by atoms with Crippen LogP contribution in [0.15, 0.2) is 48.7 Å². The first kappa shape index (κ1) is 21.4. The Bertz CT molecular complexity index is 1250. The van der Waals surface area contributed by atoms with Crippen LogP contribution in [-0.4, -0.2) is 30.5 Å². The first-order chi connectivity index (χ1) is 14.8. The normalized spacial score (nSPS) is 14.3. The van der Waals surface area contributed by atoms with Crippen LogP contribution in [0.4, 0.5) is 20.2 Å². The zero-order valence-electron chi connectivity index (χ0n) is 16.9. The number of hydrogen-bond acceptors (Lipinski definition) is 5.